The van der Waals surface area contributed by atoms with E-state index in [-0.39, 0.29) is 10.8 Å². The molecule has 0 aliphatic carbocycles. The van der Waals surface area contributed by atoms with Crippen molar-refractivity contribution in [1.82, 2.24) is 14.3 Å². The first-order chi connectivity index (χ1) is 14.3. The van der Waals surface area contributed by atoms with Crippen molar-refractivity contribution in [1.29, 1.82) is 0 Å². The molecule has 0 aromatic heterocycles. The predicted octanol–water partition coefficient (Wildman–Crippen LogP) is 2.53. The highest BCUT2D eigenvalue weighted by molar-refractivity contribution is 7.89. The molecule has 0 unspecified atom stereocenters. The van der Waals surface area contributed by atoms with Crippen LogP contribution in [0.5, 0.6) is 0 Å². The van der Waals surface area contributed by atoms with Gasteiger partial charge in [0, 0.05) is 45.3 Å². The van der Waals surface area contributed by atoms with E-state index < -0.39 is 10.0 Å². The van der Waals surface area contributed by atoms with Gasteiger partial charge in [-0.2, -0.15) is 0 Å². The first kappa shape index (κ1) is 22.4. The summed E-state index contributed by atoms with van der Waals surface area (Å²) >= 11 is 0. The van der Waals surface area contributed by atoms with Gasteiger partial charge in [0.15, 0.2) is 0 Å². The quantitative estimate of drug-likeness (QED) is 0.658. The molecular weight excluding hydrogens is 402 g/mol. The van der Waals surface area contributed by atoms with Gasteiger partial charge < -0.3 is 4.90 Å². The van der Waals surface area contributed by atoms with E-state index in [0.29, 0.717) is 18.7 Å². The van der Waals surface area contributed by atoms with Crippen molar-refractivity contribution < 1.29 is 18.0 Å². The molecule has 0 bridgehead atoms. The van der Waals surface area contributed by atoms with Crippen molar-refractivity contribution in [2.45, 2.75) is 24.8 Å². The maximum absolute atomic E-state index is 12.9. The summed E-state index contributed by atoms with van der Waals surface area (Å²) in [6.07, 6.45) is 0.905. The number of hydrogen-bond donors (Lipinski definition) is 0. The van der Waals surface area contributed by atoms with Crippen LogP contribution in [0.2, 0.25) is 0 Å². The molecule has 1 saturated heterocycles. The average molecular weight is 432 g/mol. The highest BCUT2D eigenvalue weighted by Crippen LogP contribution is 2.18. The molecule has 2 aromatic carbocycles. The molecule has 3 rings (SSSR count). The minimum absolute atomic E-state index is 0.0724. The standard InChI is InChI=1S/C22H29N3O4S/c1-18-7-4-5-8-20(18)17-24-13-6-14-25(16-15-24)22(26)19-9-11-21(12-10-19)30(27,28)23(2)29-3/h4-5,7-12H,6,13-17H2,1-3H3. The summed E-state index contributed by atoms with van der Waals surface area (Å²) in [6, 6.07) is 14.4. The van der Waals surface area contributed by atoms with Crippen molar-refractivity contribution >= 4 is 15.9 Å². The number of aryl methyl sites for hydroxylation is 1. The van der Waals surface area contributed by atoms with Gasteiger partial charge in [-0.25, -0.2) is 8.42 Å². The Morgan fingerprint density at radius 1 is 1.03 bits per heavy atom. The third-order valence-electron chi connectivity index (χ3n) is 5.53. The molecule has 1 heterocycles. The molecule has 2 aromatic rings. The average Bonchev–Trinajstić information content (AvgIpc) is 3.00. The minimum atomic E-state index is -3.72. The Morgan fingerprint density at radius 2 is 1.73 bits per heavy atom. The molecule has 30 heavy (non-hydrogen) atoms. The van der Waals surface area contributed by atoms with Crippen molar-refractivity contribution in [3.8, 4) is 0 Å². The van der Waals surface area contributed by atoms with E-state index in [0.717, 1.165) is 30.5 Å². The van der Waals surface area contributed by atoms with E-state index in [1.165, 1.54) is 37.4 Å². The number of carbonyl (C=O) groups is 1. The minimum Gasteiger partial charge on any atom is -0.337 e. The second-order valence-electron chi connectivity index (χ2n) is 7.47. The zero-order valence-electron chi connectivity index (χ0n) is 17.7. The normalized spacial score (nSPS) is 15.9. The van der Waals surface area contributed by atoms with Crippen molar-refractivity contribution in [2.75, 3.05) is 40.3 Å². The summed E-state index contributed by atoms with van der Waals surface area (Å²) < 4.78 is 25.4. The van der Waals surface area contributed by atoms with Crippen LogP contribution in [-0.2, 0) is 21.4 Å². The molecular formula is C22H29N3O4S. The van der Waals surface area contributed by atoms with Crippen molar-refractivity contribution in [2.24, 2.45) is 0 Å². The van der Waals surface area contributed by atoms with Gasteiger partial charge in [0.05, 0.1) is 12.0 Å². The van der Waals surface area contributed by atoms with E-state index in [1.807, 2.05) is 11.0 Å². The molecule has 0 N–H and O–H groups in total. The van der Waals surface area contributed by atoms with Crippen LogP contribution in [0.4, 0.5) is 0 Å². The molecule has 1 fully saturated rings. The van der Waals surface area contributed by atoms with Crippen LogP contribution in [0.25, 0.3) is 0 Å². The van der Waals surface area contributed by atoms with E-state index >= 15 is 0 Å². The van der Waals surface area contributed by atoms with Gasteiger partial charge in [-0.3, -0.25) is 14.5 Å². The molecule has 8 heteroatoms. The fraction of sp³-hybridized carbons (Fsp3) is 0.409. The summed E-state index contributed by atoms with van der Waals surface area (Å²) in [4.78, 5) is 22.0. The SMILES string of the molecule is CON(C)S(=O)(=O)c1ccc(C(=O)N2CCCN(Cc3ccccc3C)CC2)cc1. The molecule has 162 valence electrons. The van der Waals surface area contributed by atoms with E-state index in [2.05, 4.69) is 30.0 Å². The van der Waals surface area contributed by atoms with E-state index in [9.17, 15) is 13.2 Å². The molecule has 7 nitrogen and oxygen atoms in total. The van der Waals surface area contributed by atoms with Gasteiger partial charge in [-0.05, 0) is 48.7 Å². The Balaban J connectivity index is 1.64. The monoisotopic (exact) mass is 431 g/mol. The number of hydroxylamine groups is 1. The molecule has 0 radical (unpaired) electrons. The second kappa shape index (κ2) is 9.70. The summed E-state index contributed by atoms with van der Waals surface area (Å²) in [5.74, 6) is -0.0724. The van der Waals surface area contributed by atoms with Gasteiger partial charge >= 0.3 is 0 Å². The molecule has 0 spiro atoms. The zero-order valence-corrected chi connectivity index (χ0v) is 18.6. The summed E-state index contributed by atoms with van der Waals surface area (Å²) in [7, 11) is -1.11. The largest absolute Gasteiger partial charge is 0.337 e. The fourth-order valence-electron chi connectivity index (χ4n) is 3.56. The lowest BCUT2D eigenvalue weighted by Gasteiger charge is -2.23. The maximum Gasteiger partial charge on any atom is 0.264 e. The Kier molecular flexibility index (Phi) is 7.25. The van der Waals surface area contributed by atoms with E-state index in [1.54, 1.807) is 12.1 Å². The number of rotatable bonds is 6. The van der Waals surface area contributed by atoms with Crippen LogP contribution >= 0.6 is 0 Å². The lowest BCUT2D eigenvalue weighted by atomic mass is 10.1. The Labute approximate surface area is 178 Å². The fourth-order valence-corrected chi connectivity index (χ4v) is 4.53. The number of sulfonamides is 1. The summed E-state index contributed by atoms with van der Waals surface area (Å²) in [6.45, 7) is 6.10. The summed E-state index contributed by atoms with van der Waals surface area (Å²) in [5, 5.41) is 0. The van der Waals surface area contributed by atoms with Crippen LogP contribution in [0, 0.1) is 6.92 Å². The number of amides is 1. The first-order valence-corrected chi connectivity index (χ1v) is 11.5. The lowest BCUT2D eigenvalue weighted by molar-refractivity contribution is -0.0258. The zero-order chi connectivity index (χ0) is 21.7. The van der Waals surface area contributed by atoms with Crippen molar-refractivity contribution in [3.05, 3.63) is 65.2 Å². The Morgan fingerprint density at radius 3 is 2.40 bits per heavy atom. The van der Waals surface area contributed by atoms with Crippen LogP contribution in [0.1, 0.15) is 27.9 Å². The van der Waals surface area contributed by atoms with Gasteiger partial charge in [0.25, 0.3) is 15.9 Å². The lowest BCUT2D eigenvalue weighted by Crippen LogP contribution is -2.35. The van der Waals surface area contributed by atoms with Gasteiger partial charge in [0.1, 0.15) is 0 Å². The highest BCUT2D eigenvalue weighted by atomic mass is 32.2. The first-order valence-electron chi connectivity index (χ1n) is 10.0. The smallest absolute Gasteiger partial charge is 0.264 e. The molecule has 0 atom stereocenters. The van der Waals surface area contributed by atoms with Gasteiger partial charge in [-0.15, -0.1) is 0 Å². The third kappa shape index (κ3) is 5.07. The highest BCUT2D eigenvalue weighted by Gasteiger charge is 2.23. The van der Waals surface area contributed by atoms with Crippen LogP contribution < -0.4 is 0 Å². The van der Waals surface area contributed by atoms with E-state index in [4.69, 9.17) is 4.84 Å². The maximum atomic E-state index is 12.9. The second-order valence-corrected chi connectivity index (χ2v) is 9.41. The number of nitrogens with zero attached hydrogens (tertiary/aromatic N) is 3. The van der Waals surface area contributed by atoms with Crippen LogP contribution in [0.3, 0.4) is 0 Å². The number of hydrogen-bond acceptors (Lipinski definition) is 5. The molecule has 1 amide bonds. The third-order valence-corrected chi connectivity index (χ3v) is 7.22. The summed E-state index contributed by atoms with van der Waals surface area (Å²) in [5.41, 5.74) is 3.08. The van der Waals surface area contributed by atoms with Crippen molar-refractivity contribution in [3.63, 3.8) is 0 Å². The van der Waals surface area contributed by atoms with Crippen LogP contribution in [-0.4, -0.2) is 68.9 Å². The topological polar surface area (TPSA) is 70.2 Å². The molecule has 1 aliphatic rings. The van der Waals surface area contributed by atoms with Gasteiger partial charge in [-0.1, -0.05) is 28.7 Å². The van der Waals surface area contributed by atoms with Crippen LogP contribution in [0.15, 0.2) is 53.4 Å². The Bertz CT molecular complexity index is 976. The number of carbonyl (C=O) groups excluding carboxylic acids is 1. The molecule has 0 saturated carbocycles. The van der Waals surface area contributed by atoms with Gasteiger partial charge in [0.2, 0.25) is 0 Å². The Hall–Kier alpha value is -2.26. The molecule has 1 aliphatic heterocycles. The predicted molar refractivity (Wildman–Crippen MR) is 115 cm³/mol. The number of benzene rings is 2.